The van der Waals surface area contributed by atoms with Crippen LogP contribution in [0.3, 0.4) is 0 Å². The van der Waals surface area contributed by atoms with Crippen molar-refractivity contribution in [2.24, 2.45) is 0 Å². The Morgan fingerprint density at radius 3 is 3.07 bits per heavy atom. The molecule has 3 atom stereocenters. The fourth-order valence-electron chi connectivity index (χ4n) is 4.53. The summed E-state index contributed by atoms with van der Waals surface area (Å²) >= 11 is 0. The number of carbonyl (C=O) groups is 1. The standard InChI is InChI=1S/C21H25NO4.BrH/c1-3-4-5-18(24)22-11-10-21-9-8-15(23)12-17(21)26-20-16(25-2)7-6-14(13-22)19(20)21;/h3,6-9,15,17,23H,1,4-5,10-13H2,2H3;1H/p-1. The Morgan fingerprint density at radius 2 is 2.33 bits per heavy atom. The van der Waals surface area contributed by atoms with Gasteiger partial charge in [0, 0.05) is 31.5 Å². The topological polar surface area (TPSA) is 59.0 Å². The minimum Gasteiger partial charge on any atom is -1.00 e. The van der Waals surface area contributed by atoms with Crippen molar-refractivity contribution in [1.82, 2.24) is 4.90 Å². The highest BCUT2D eigenvalue weighted by atomic mass is 79.9. The summed E-state index contributed by atoms with van der Waals surface area (Å²) < 4.78 is 11.8. The van der Waals surface area contributed by atoms with Crippen LogP contribution in [0.25, 0.3) is 0 Å². The van der Waals surface area contributed by atoms with E-state index < -0.39 is 6.10 Å². The van der Waals surface area contributed by atoms with E-state index in [1.807, 2.05) is 23.1 Å². The first-order valence-electron chi connectivity index (χ1n) is 9.22. The number of benzene rings is 1. The normalized spacial score (nSPS) is 27.6. The average molecular weight is 435 g/mol. The zero-order valence-corrected chi connectivity index (χ0v) is 17.1. The molecule has 0 bridgehead atoms. The van der Waals surface area contributed by atoms with Gasteiger partial charge in [-0.15, -0.1) is 6.58 Å². The summed E-state index contributed by atoms with van der Waals surface area (Å²) in [4.78, 5) is 14.6. The number of rotatable bonds is 4. The van der Waals surface area contributed by atoms with Crippen molar-refractivity contribution in [3.05, 3.63) is 48.1 Å². The minimum absolute atomic E-state index is 0. The summed E-state index contributed by atoms with van der Waals surface area (Å²) in [7, 11) is 1.64. The van der Waals surface area contributed by atoms with Crippen LogP contribution in [0.2, 0.25) is 0 Å². The van der Waals surface area contributed by atoms with E-state index in [0.717, 1.165) is 23.3 Å². The predicted octanol–water partition coefficient (Wildman–Crippen LogP) is -0.283. The van der Waals surface area contributed by atoms with Crippen LogP contribution in [0.15, 0.2) is 36.9 Å². The SMILES string of the molecule is C=CCCC(=O)N1CCC23C=CC(O)CC2Oc2c(OC)ccc(c23)C1.[Br-]. The molecule has 0 saturated heterocycles. The number of hydrogen-bond acceptors (Lipinski definition) is 4. The maximum absolute atomic E-state index is 12.6. The van der Waals surface area contributed by atoms with Crippen molar-refractivity contribution >= 4 is 5.91 Å². The van der Waals surface area contributed by atoms with Gasteiger partial charge in [0.1, 0.15) is 6.10 Å². The van der Waals surface area contributed by atoms with Crippen LogP contribution in [0, 0.1) is 0 Å². The molecule has 1 aromatic rings. The Balaban J connectivity index is 0.00000210. The van der Waals surface area contributed by atoms with Gasteiger partial charge in [-0.2, -0.15) is 0 Å². The second-order valence-electron chi connectivity index (χ2n) is 7.33. The summed E-state index contributed by atoms with van der Waals surface area (Å²) in [6, 6.07) is 3.96. The number of ether oxygens (including phenoxy) is 2. The van der Waals surface area contributed by atoms with Crippen LogP contribution in [-0.2, 0) is 16.8 Å². The van der Waals surface area contributed by atoms with Gasteiger partial charge in [-0.1, -0.05) is 24.3 Å². The highest BCUT2D eigenvalue weighted by Gasteiger charge is 2.53. The van der Waals surface area contributed by atoms with Gasteiger partial charge in [0.2, 0.25) is 5.91 Å². The Bertz CT molecular complexity index is 778. The molecule has 146 valence electrons. The lowest BCUT2D eigenvalue weighted by Crippen LogP contribution is -3.00. The van der Waals surface area contributed by atoms with Gasteiger partial charge in [-0.3, -0.25) is 4.79 Å². The molecular formula is C21H25BrNO4-. The smallest absolute Gasteiger partial charge is 0.223 e. The number of carbonyl (C=O) groups excluding carboxylic acids is 1. The Labute approximate surface area is 170 Å². The lowest BCUT2D eigenvalue weighted by molar-refractivity contribution is -0.131. The quantitative estimate of drug-likeness (QED) is 0.662. The van der Waals surface area contributed by atoms with Crippen LogP contribution in [0.4, 0.5) is 0 Å². The number of halogens is 1. The monoisotopic (exact) mass is 434 g/mol. The van der Waals surface area contributed by atoms with Crippen molar-refractivity contribution in [2.45, 2.75) is 49.9 Å². The number of methoxy groups -OCH3 is 1. The summed E-state index contributed by atoms with van der Waals surface area (Å²) in [5, 5.41) is 10.1. The van der Waals surface area contributed by atoms with E-state index in [4.69, 9.17) is 9.47 Å². The Hall–Kier alpha value is -1.79. The van der Waals surface area contributed by atoms with Crippen LogP contribution >= 0.6 is 0 Å². The summed E-state index contributed by atoms with van der Waals surface area (Å²) in [5.41, 5.74) is 1.93. The molecule has 2 heterocycles. The molecule has 2 aliphatic heterocycles. The molecule has 6 heteroatoms. The highest BCUT2D eigenvalue weighted by Crippen LogP contribution is 2.55. The fourth-order valence-corrected chi connectivity index (χ4v) is 4.53. The second kappa shape index (κ2) is 7.68. The molecule has 0 radical (unpaired) electrons. The second-order valence-corrected chi connectivity index (χ2v) is 7.33. The van der Waals surface area contributed by atoms with Crippen molar-refractivity contribution < 1.29 is 36.4 Å². The Morgan fingerprint density at radius 1 is 1.52 bits per heavy atom. The minimum atomic E-state index is -0.497. The number of aliphatic hydroxyl groups excluding tert-OH is 1. The maximum atomic E-state index is 12.6. The third-order valence-electron chi connectivity index (χ3n) is 5.87. The van der Waals surface area contributed by atoms with Crippen LogP contribution < -0.4 is 26.5 Å². The van der Waals surface area contributed by atoms with E-state index in [9.17, 15) is 9.90 Å². The molecule has 3 unspecified atom stereocenters. The molecule has 0 fully saturated rings. The molecule has 1 aliphatic carbocycles. The van der Waals surface area contributed by atoms with Gasteiger partial charge in [-0.05, 0) is 24.5 Å². The first-order chi connectivity index (χ1) is 12.6. The van der Waals surface area contributed by atoms with E-state index >= 15 is 0 Å². The van der Waals surface area contributed by atoms with E-state index in [0.29, 0.717) is 38.1 Å². The van der Waals surface area contributed by atoms with Crippen molar-refractivity contribution in [3.63, 3.8) is 0 Å². The molecule has 0 saturated carbocycles. The van der Waals surface area contributed by atoms with Crippen LogP contribution in [0.5, 0.6) is 11.5 Å². The lowest BCUT2D eigenvalue weighted by Gasteiger charge is -2.35. The zero-order chi connectivity index (χ0) is 18.3. The molecule has 27 heavy (non-hydrogen) atoms. The number of hydrogen-bond donors (Lipinski definition) is 1. The first-order valence-corrected chi connectivity index (χ1v) is 9.22. The van der Waals surface area contributed by atoms with Gasteiger partial charge < -0.3 is 36.5 Å². The molecule has 1 aromatic carbocycles. The third-order valence-corrected chi connectivity index (χ3v) is 5.87. The third kappa shape index (κ3) is 3.19. The van der Waals surface area contributed by atoms with Crippen molar-refractivity contribution in [2.75, 3.05) is 13.7 Å². The Kier molecular flexibility index (Phi) is 5.68. The van der Waals surface area contributed by atoms with Gasteiger partial charge in [0.25, 0.3) is 0 Å². The molecule has 0 aromatic heterocycles. The van der Waals surface area contributed by atoms with Crippen LogP contribution in [0.1, 0.15) is 36.8 Å². The molecule has 5 nitrogen and oxygen atoms in total. The van der Waals surface area contributed by atoms with E-state index in [-0.39, 0.29) is 34.4 Å². The van der Waals surface area contributed by atoms with E-state index in [1.165, 1.54) is 0 Å². The van der Waals surface area contributed by atoms with Gasteiger partial charge in [0.15, 0.2) is 11.5 Å². The summed E-state index contributed by atoms with van der Waals surface area (Å²) in [5.74, 6) is 1.64. The van der Waals surface area contributed by atoms with Crippen molar-refractivity contribution in [1.29, 1.82) is 0 Å². The molecule has 3 aliphatic rings. The summed E-state index contributed by atoms with van der Waals surface area (Å²) in [6.07, 6.45) is 7.64. The number of nitrogens with zero attached hydrogens (tertiary/aromatic N) is 1. The number of aliphatic hydroxyl groups is 1. The molecule has 1 spiro atoms. The lowest BCUT2D eigenvalue weighted by atomic mass is 9.69. The highest BCUT2D eigenvalue weighted by molar-refractivity contribution is 5.77. The average Bonchev–Trinajstić information content (AvgIpc) is 2.87. The van der Waals surface area contributed by atoms with Gasteiger partial charge >= 0.3 is 0 Å². The predicted molar refractivity (Wildman–Crippen MR) is 98.3 cm³/mol. The molecule has 4 rings (SSSR count). The molecule has 1 N–H and O–H groups in total. The fraction of sp³-hybridized carbons (Fsp3) is 0.476. The number of amides is 1. The van der Waals surface area contributed by atoms with Gasteiger partial charge in [0.05, 0.1) is 18.6 Å². The molecular weight excluding hydrogens is 410 g/mol. The van der Waals surface area contributed by atoms with E-state index in [2.05, 4.69) is 12.7 Å². The molecule has 1 amide bonds. The largest absolute Gasteiger partial charge is 1.00 e. The van der Waals surface area contributed by atoms with Crippen molar-refractivity contribution in [3.8, 4) is 11.5 Å². The first kappa shape index (κ1) is 20.0. The van der Waals surface area contributed by atoms with E-state index in [1.54, 1.807) is 13.2 Å². The summed E-state index contributed by atoms with van der Waals surface area (Å²) in [6.45, 7) is 4.96. The zero-order valence-electron chi connectivity index (χ0n) is 15.5. The number of allylic oxidation sites excluding steroid dienone is 1. The van der Waals surface area contributed by atoms with Crippen LogP contribution in [-0.4, -0.2) is 41.8 Å². The van der Waals surface area contributed by atoms with Gasteiger partial charge in [-0.25, -0.2) is 0 Å². The maximum Gasteiger partial charge on any atom is 0.223 e.